The summed E-state index contributed by atoms with van der Waals surface area (Å²) in [7, 11) is 0. The number of thiophene rings is 1. The molecule has 0 radical (unpaired) electrons. The van der Waals surface area contributed by atoms with E-state index in [9.17, 15) is 5.26 Å². The third-order valence-electron chi connectivity index (χ3n) is 3.57. The molecule has 0 aliphatic rings. The number of nitriles is 1. The molecule has 4 nitrogen and oxygen atoms in total. The van der Waals surface area contributed by atoms with Crippen molar-refractivity contribution in [2.24, 2.45) is 0 Å². The van der Waals surface area contributed by atoms with Crippen molar-refractivity contribution in [3.8, 4) is 28.1 Å². The third-order valence-corrected chi connectivity index (χ3v) is 5.34. The zero-order chi connectivity index (χ0) is 19.2. The van der Waals surface area contributed by atoms with Gasteiger partial charge < -0.3 is 9.47 Å². The van der Waals surface area contributed by atoms with Crippen LogP contribution in [-0.2, 0) is 0 Å². The smallest absolute Gasteiger partial charge is 0.161 e. The SMILES string of the molecule is CCOc1cc(/C=C(\C#N)c2nc(-c3cccs3)cs2)ccc1OC(C)C. The first-order valence-electron chi connectivity index (χ1n) is 8.65. The standard InChI is InChI=1S/C21H20N2O2S2/c1-4-24-19-11-15(7-8-18(19)25-14(2)3)10-16(12-22)21-23-17(13-27-21)20-6-5-9-26-20/h5-11,13-14H,4H2,1-3H3/b16-10+. The van der Waals surface area contributed by atoms with Crippen molar-refractivity contribution in [3.05, 3.63) is 51.7 Å². The van der Waals surface area contributed by atoms with Gasteiger partial charge in [-0.25, -0.2) is 4.98 Å². The Balaban J connectivity index is 1.91. The van der Waals surface area contributed by atoms with E-state index in [-0.39, 0.29) is 6.10 Å². The summed E-state index contributed by atoms with van der Waals surface area (Å²) < 4.78 is 11.5. The maximum absolute atomic E-state index is 9.62. The van der Waals surface area contributed by atoms with E-state index < -0.39 is 0 Å². The van der Waals surface area contributed by atoms with Crippen LogP contribution >= 0.6 is 22.7 Å². The Morgan fingerprint density at radius 3 is 2.78 bits per heavy atom. The molecule has 0 saturated carbocycles. The summed E-state index contributed by atoms with van der Waals surface area (Å²) in [5.74, 6) is 1.38. The molecule has 3 aromatic rings. The van der Waals surface area contributed by atoms with Crippen molar-refractivity contribution in [1.82, 2.24) is 4.98 Å². The summed E-state index contributed by atoms with van der Waals surface area (Å²) in [5.41, 5.74) is 2.31. The third kappa shape index (κ3) is 4.76. The minimum atomic E-state index is 0.0614. The molecule has 0 fully saturated rings. The number of hydrogen-bond donors (Lipinski definition) is 0. The molecule has 0 aliphatic heterocycles. The molecular weight excluding hydrogens is 376 g/mol. The first kappa shape index (κ1) is 19.2. The number of ether oxygens (including phenoxy) is 2. The van der Waals surface area contributed by atoms with Gasteiger partial charge in [0.05, 0.1) is 28.9 Å². The van der Waals surface area contributed by atoms with E-state index >= 15 is 0 Å². The highest BCUT2D eigenvalue weighted by molar-refractivity contribution is 7.14. The number of allylic oxidation sites excluding steroid dienone is 1. The molecule has 3 rings (SSSR count). The van der Waals surface area contributed by atoms with Crippen LogP contribution in [0.2, 0.25) is 0 Å². The Morgan fingerprint density at radius 1 is 1.26 bits per heavy atom. The minimum absolute atomic E-state index is 0.0614. The Labute approximate surface area is 167 Å². The Morgan fingerprint density at radius 2 is 2.11 bits per heavy atom. The number of benzene rings is 1. The van der Waals surface area contributed by atoms with Crippen LogP contribution in [0.4, 0.5) is 0 Å². The molecule has 0 N–H and O–H groups in total. The van der Waals surface area contributed by atoms with Gasteiger partial charge in [0.2, 0.25) is 0 Å². The second-order valence-corrected chi connectivity index (χ2v) is 7.80. The van der Waals surface area contributed by atoms with Crippen LogP contribution in [-0.4, -0.2) is 17.7 Å². The van der Waals surface area contributed by atoms with Gasteiger partial charge in [-0.2, -0.15) is 5.26 Å². The fourth-order valence-electron chi connectivity index (χ4n) is 2.48. The van der Waals surface area contributed by atoms with Crippen LogP contribution < -0.4 is 9.47 Å². The Bertz CT molecular complexity index is 966. The number of nitrogens with zero attached hydrogens (tertiary/aromatic N) is 2. The molecule has 0 saturated heterocycles. The number of aromatic nitrogens is 1. The molecule has 6 heteroatoms. The zero-order valence-electron chi connectivity index (χ0n) is 15.4. The van der Waals surface area contributed by atoms with E-state index in [4.69, 9.17) is 9.47 Å². The normalized spacial score (nSPS) is 11.4. The van der Waals surface area contributed by atoms with Crippen molar-refractivity contribution < 1.29 is 9.47 Å². The molecular formula is C21H20N2O2S2. The van der Waals surface area contributed by atoms with Crippen molar-refractivity contribution in [1.29, 1.82) is 5.26 Å². The lowest BCUT2D eigenvalue weighted by atomic mass is 10.1. The molecule has 0 aliphatic carbocycles. The highest BCUT2D eigenvalue weighted by atomic mass is 32.1. The molecule has 27 heavy (non-hydrogen) atoms. The lowest BCUT2D eigenvalue weighted by Crippen LogP contribution is -2.07. The monoisotopic (exact) mass is 396 g/mol. The van der Waals surface area contributed by atoms with Gasteiger partial charge in [-0.15, -0.1) is 22.7 Å². The summed E-state index contributed by atoms with van der Waals surface area (Å²) >= 11 is 3.11. The van der Waals surface area contributed by atoms with Crippen molar-refractivity contribution >= 4 is 34.3 Å². The summed E-state index contributed by atoms with van der Waals surface area (Å²) in [6.07, 6.45) is 1.89. The molecule has 2 aromatic heterocycles. The van der Waals surface area contributed by atoms with Crippen LogP contribution in [0.15, 0.2) is 41.1 Å². The number of thiazole rings is 1. The molecule has 2 heterocycles. The van der Waals surface area contributed by atoms with E-state index in [2.05, 4.69) is 11.1 Å². The van der Waals surface area contributed by atoms with E-state index in [1.54, 1.807) is 11.3 Å². The van der Waals surface area contributed by atoms with Gasteiger partial charge in [0.15, 0.2) is 11.5 Å². The maximum atomic E-state index is 9.62. The van der Waals surface area contributed by atoms with Gasteiger partial charge >= 0.3 is 0 Å². The summed E-state index contributed by atoms with van der Waals surface area (Å²) in [6.45, 7) is 6.43. The van der Waals surface area contributed by atoms with Gasteiger partial charge in [-0.1, -0.05) is 12.1 Å². The predicted molar refractivity (Wildman–Crippen MR) is 112 cm³/mol. The van der Waals surface area contributed by atoms with Gasteiger partial charge in [0.1, 0.15) is 11.1 Å². The lowest BCUT2D eigenvalue weighted by molar-refractivity contribution is 0.224. The van der Waals surface area contributed by atoms with Crippen LogP contribution in [0.1, 0.15) is 31.3 Å². The van der Waals surface area contributed by atoms with E-state index in [1.807, 2.05) is 67.9 Å². The topological polar surface area (TPSA) is 55.1 Å². The predicted octanol–water partition coefficient (Wildman–Crippen LogP) is 6.12. The molecule has 0 amide bonds. The van der Waals surface area contributed by atoms with Crippen LogP contribution in [0.3, 0.4) is 0 Å². The Kier molecular flexibility index (Phi) is 6.28. The van der Waals surface area contributed by atoms with E-state index in [0.29, 0.717) is 28.7 Å². The molecule has 0 unspecified atom stereocenters. The molecule has 0 atom stereocenters. The fraction of sp³-hybridized carbons (Fsp3) is 0.238. The van der Waals surface area contributed by atoms with Crippen LogP contribution in [0, 0.1) is 11.3 Å². The first-order chi connectivity index (χ1) is 13.1. The summed E-state index contributed by atoms with van der Waals surface area (Å²) in [5, 5.41) is 14.3. The Hall–Kier alpha value is -2.62. The highest BCUT2D eigenvalue weighted by Crippen LogP contribution is 2.32. The second kappa shape index (κ2) is 8.85. The molecule has 1 aromatic carbocycles. The van der Waals surface area contributed by atoms with E-state index in [0.717, 1.165) is 16.1 Å². The van der Waals surface area contributed by atoms with Gasteiger partial charge in [-0.3, -0.25) is 0 Å². The lowest BCUT2D eigenvalue weighted by Gasteiger charge is -2.15. The summed E-state index contributed by atoms with van der Waals surface area (Å²) in [6, 6.07) is 12.0. The van der Waals surface area contributed by atoms with Gasteiger partial charge in [0.25, 0.3) is 0 Å². The second-order valence-electron chi connectivity index (χ2n) is 5.99. The largest absolute Gasteiger partial charge is 0.490 e. The fourth-order valence-corrected chi connectivity index (χ4v) is 4.02. The molecule has 0 spiro atoms. The number of hydrogen-bond acceptors (Lipinski definition) is 6. The maximum Gasteiger partial charge on any atom is 0.161 e. The van der Waals surface area contributed by atoms with Crippen molar-refractivity contribution in [3.63, 3.8) is 0 Å². The van der Waals surface area contributed by atoms with E-state index in [1.165, 1.54) is 11.3 Å². The quantitative estimate of drug-likeness (QED) is 0.451. The highest BCUT2D eigenvalue weighted by Gasteiger charge is 2.12. The number of rotatable bonds is 7. The minimum Gasteiger partial charge on any atom is -0.490 e. The van der Waals surface area contributed by atoms with Crippen LogP contribution in [0.5, 0.6) is 11.5 Å². The average Bonchev–Trinajstić information content (AvgIpc) is 3.33. The van der Waals surface area contributed by atoms with Crippen molar-refractivity contribution in [2.75, 3.05) is 6.61 Å². The first-order valence-corrected chi connectivity index (χ1v) is 10.4. The zero-order valence-corrected chi connectivity index (χ0v) is 17.1. The average molecular weight is 397 g/mol. The summed E-state index contributed by atoms with van der Waals surface area (Å²) in [4.78, 5) is 5.72. The van der Waals surface area contributed by atoms with Crippen molar-refractivity contribution in [2.45, 2.75) is 26.9 Å². The van der Waals surface area contributed by atoms with Gasteiger partial charge in [0, 0.05) is 5.38 Å². The van der Waals surface area contributed by atoms with Gasteiger partial charge in [-0.05, 0) is 56.0 Å². The molecule has 138 valence electrons. The van der Waals surface area contributed by atoms with Crippen LogP contribution in [0.25, 0.3) is 22.2 Å². The molecule has 0 bridgehead atoms.